The number of hydrogen-bond donors (Lipinski definition) is 2. The SMILES string of the molecule is O=C(CSCCCc1ccccc1)N[C@@H]1CCCc2c(O)cccc21. The molecule has 0 unspecified atom stereocenters. The number of phenols is 1. The second-order valence-corrected chi connectivity index (χ2v) is 7.60. The van der Waals surface area contributed by atoms with Gasteiger partial charge in [0.2, 0.25) is 5.91 Å². The van der Waals surface area contributed by atoms with Crippen molar-refractivity contribution in [1.29, 1.82) is 0 Å². The maximum absolute atomic E-state index is 12.2. The largest absolute Gasteiger partial charge is 0.508 e. The van der Waals surface area contributed by atoms with Crippen molar-refractivity contribution in [2.45, 2.75) is 38.1 Å². The van der Waals surface area contributed by atoms with Gasteiger partial charge >= 0.3 is 0 Å². The number of fused-ring (bicyclic) bond motifs is 1. The summed E-state index contributed by atoms with van der Waals surface area (Å²) in [6.07, 6.45) is 4.98. The minimum Gasteiger partial charge on any atom is -0.508 e. The van der Waals surface area contributed by atoms with E-state index in [1.807, 2.05) is 18.2 Å². The third-order valence-electron chi connectivity index (χ3n) is 4.65. The molecule has 1 aliphatic rings. The van der Waals surface area contributed by atoms with E-state index >= 15 is 0 Å². The molecule has 0 spiro atoms. The Morgan fingerprint density at radius 1 is 1.16 bits per heavy atom. The molecule has 0 aliphatic heterocycles. The number of rotatable bonds is 7. The lowest BCUT2D eigenvalue weighted by molar-refractivity contribution is -0.119. The summed E-state index contributed by atoms with van der Waals surface area (Å²) in [6, 6.07) is 16.1. The number of amides is 1. The Labute approximate surface area is 153 Å². The van der Waals surface area contributed by atoms with Crippen molar-refractivity contribution in [3.05, 3.63) is 65.2 Å². The van der Waals surface area contributed by atoms with Gasteiger partial charge < -0.3 is 10.4 Å². The Balaban J connectivity index is 1.41. The van der Waals surface area contributed by atoms with E-state index in [-0.39, 0.29) is 11.9 Å². The number of carbonyl (C=O) groups is 1. The Morgan fingerprint density at radius 2 is 2.00 bits per heavy atom. The lowest BCUT2D eigenvalue weighted by Crippen LogP contribution is -2.32. The molecule has 0 bridgehead atoms. The molecule has 0 fully saturated rings. The highest BCUT2D eigenvalue weighted by Gasteiger charge is 2.23. The first-order valence-corrected chi connectivity index (χ1v) is 10.1. The molecule has 1 amide bonds. The highest BCUT2D eigenvalue weighted by Crippen LogP contribution is 2.34. The summed E-state index contributed by atoms with van der Waals surface area (Å²) in [5, 5.41) is 13.1. The van der Waals surface area contributed by atoms with Gasteiger partial charge in [0.05, 0.1) is 11.8 Å². The van der Waals surface area contributed by atoms with Crippen LogP contribution >= 0.6 is 11.8 Å². The van der Waals surface area contributed by atoms with Crippen LogP contribution in [-0.4, -0.2) is 22.5 Å². The maximum Gasteiger partial charge on any atom is 0.230 e. The van der Waals surface area contributed by atoms with Crippen LogP contribution in [0.1, 0.15) is 42.0 Å². The van der Waals surface area contributed by atoms with Gasteiger partial charge in [-0.05, 0) is 60.6 Å². The number of aryl methyl sites for hydroxylation is 1. The van der Waals surface area contributed by atoms with Crippen molar-refractivity contribution < 1.29 is 9.90 Å². The molecule has 4 heteroatoms. The van der Waals surface area contributed by atoms with Gasteiger partial charge in [-0.3, -0.25) is 4.79 Å². The fourth-order valence-electron chi connectivity index (χ4n) is 3.40. The summed E-state index contributed by atoms with van der Waals surface area (Å²) in [6.45, 7) is 0. The molecular weight excluding hydrogens is 330 g/mol. The zero-order chi connectivity index (χ0) is 17.5. The minimum absolute atomic E-state index is 0.0354. The molecule has 0 aromatic heterocycles. The van der Waals surface area contributed by atoms with E-state index in [9.17, 15) is 9.90 Å². The molecule has 0 radical (unpaired) electrons. The summed E-state index contributed by atoms with van der Waals surface area (Å²) in [4.78, 5) is 12.2. The smallest absolute Gasteiger partial charge is 0.230 e. The molecule has 25 heavy (non-hydrogen) atoms. The van der Waals surface area contributed by atoms with Crippen LogP contribution in [0.15, 0.2) is 48.5 Å². The van der Waals surface area contributed by atoms with Crippen molar-refractivity contribution in [2.24, 2.45) is 0 Å². The molecule has 0 saturated heterocycles. The first kappa shape index (κ1) is 17.9. The molecule has 3 rings (SSSR count). The molecule has 132 valence electrons. The number of benzene rings is 2. The van der Waals surface area contributed by atoms with Crippen molar-refractivity contribution in [3.8, 4) is 5.75 Å². The number of phenolic OH excluding ortho intramolecular Hbond substituents is 1. The molecule has 3 nitrogen and oxygen atoms in total. The van der Waals surface area contributed by atoms with Gasteiger partial charge in [0, 0.05) is 0 Å². The van der Waals surface area contributed by atoms with E-state index in [0.29, 0.717) is 11.5 Å². The van der Waals surface area contributed by atoms with Gasteiger partial charge in [-0.1, -0.05) is 42.5 Å². The molecule has 0 heterocycles. The summed E-state index contributed by atoms with van der Waals surface area (Å²) in [5.74, 6) is 1.93. The molecule has 2 N–H and O–H groups in total. The Kier molecular flexibility index (Phi) is 6.40. The number of hydrogen-bond acceptors (Lipinski definition) is 3. The van der Waals surface area contributed by atoms with Crippen LogP contribution in [0.3, 0.4) is 0 Å². The van der Waals surface area contributed by atoms with Crippen LogP contribution < -0.4 is 5.32 Å². The highest BCUT2D eigenvalue weighted by atomic mass is 32.2. The summed E-state index contributed by atoms with van der Waals surface area (Å²) in [5.41, 5.74) is 3.43. The van der Waals surface area contributed by atoms with Gasteiger partial charge in [0.25, 0.3) is 0 Å². The topological polar surface area (TPSA) is 49.3 Å². The maximum atomic E-state index is 12.2. The van der Waals surface area contributed by atoms with Crippen LogP contribution in [-0.2, 0) is 17.6 Å². The third-order valence-corrected chi connectivity index (χ3v) is 5.69. The van der Waals surface area contributed by atoms with E-state index in [1.165, 1.54) is 5.56 Å². The predicted molar refractivity (Wildman–Crippen MR) is 104 cm³/mol. The van der Waals surface area contributed by atoms with Gasteiger partial charge in [0.15, 0.2) is 0 Å². The van der Waals surface area contributed by atoms with E-state index in [4.69, 9.17) is 0 Å². The molecule has 2 aromatic rings. The van der Waals surface area contributed by atoms with E-state index in [1.54, 1.807) is 17.8 Å². The third kappa shape index (κ3) is 5.02. The standard InChI is InChI=1S/C21H25NO2S/c23-20-13-5-10-17-18(20)11-4-12-19(17)22-21(24)15-25-14-6-9-16-7-2-1-3-8-16/h1-3,5,7-8,10,13,19,23H,4,6,9,11-12,14-15H2,(H,22,24)/t19-/m1/s1. The van der Waals surface area contributed by atoms with Crippen LogP contribution in [0.2, 0.25) is 0 Å². The van der Waals surface area contributed by atoms with Gasteiger partial charge in [-0.15, -0.1) is 0 Å². The minimum atomic E-state index is 0.0354. The second-order valence-electron chi connectivity index (χ2n) is 6.50. The number of thioether (sulfide) groups is 1. The van der Waals surface area contributed by atoms with Crippen molar-refractivity contribution in [3.63, 3.8) is 0 Å². The van der Waals surface area contributed by atoms with E-state index in [0.717, 1.165) is 49.0 Å². The number of carbonyl (C=O) groups excluding carboxylic acids is 1. The average Bonchev–Trinajstić information content (AvgIpc) is 2.63. The Bertz CT molecular complexity index is 702. The fourth-order valence-corrected chi connectivity index (χ4v) is 4.16. The summed E-state index contributed by atoms with van der Waals surface area (Å²) >= 11 is 1.69. The predicted octanol–water partition coefficient (Wildman–Crippen LogP) is 4.25. The van der Waals surface area contributed by atoms with E-state index in [2.05, 4.69) is 29.6 Å². The van der Waals surface area contributed by atoms with Gasteiger partial charge in [-0.2, -0.15) is 11.8 Å². The average molecular weight is 356 g/mol. The Hall–Kier alpha value is -1.94. The highest BCUT2D eigenvalue weighted by molar-refractivity contribution is 7.99. The normalized spacial score (nSPS) is 16.2. The van der Waals surface area contributed by atoms with Gasteiger partial charge in [-0.25, -0.2) is 0 Å². The van der Waals surface area contributed by atoms with Crippen LogP contribution in [0.25, 0.3) is 0 Å². The number of aromatic hydroxyl groups is 1. The zero-order valence-corrected chi connectivity index (χ0v) is 15.2. The van der Waals surface area contributed by atoms with Crippen LogP contribution in [0.4, 0.5) is 0 Å². The first-order chi connectivity index (χ1) is 12.2. The molecule has 1 atom stereocenters. The summed E-state index contributed by atoms with van der Waals surface area (Å²) < 4.78 is 0. The molecule has 2 aromatic carbocycles. The zero-order valence-electron chi connectivity index (χ0n) is 14.4. The first-order valence-electron chi connectivity index (χ1n) is 8.96. The lowest BCUT2D eigenvalue weighted by atomic mass is 9.87. The van der Waals surface area contributed by atoms with Crippen LogP contribution in [0, 0.1) is 0 Å². The van der Waals surface area contributed by atoms with E-state index < -0.39 is 0 Å². The quantitative estimate of drug-likeness (QED) is 0.730. The molecule has 1 aliphatic carbocycles. The van der Waals surface area contributed by atoms with Crippen LogP contribution in [0.5, 0.6) is 5.75 Å². The second kappa shape index (κ2) is 8.95. The molecule has 0 saturated carbocycles. The van der Waals surface area contributed by atoms with Crippen molar-refractivity contribution in [2.75, 3.05) is 11.5 Å². The van der Waals surface area contributed by atoms with Crippen molar-refractivity contribution >= 4 is 17.7 Å². The van der Waals surface area contributed by atoms with Crippen molar-refractivity contribution in [1.82, 2.24) is 5.32 Å². The van der Waals surface area contributed by atoms with Gasteiger partial charge in [0.1, 0.15) is 5.75 Å². The fraction of sp³-hybridized carbons (Fsp3) is 0.381. The number of nitrogens with one attached hydrogen (secondary N) is 1. The molecular formula is C21H25NO2S. The Morgan fingerprint density at radius 3 is 2.84 bits per heavy atom. The lowest BCUT2D eigenvalue weighted by Gasteiger charge is -2.26. The monoisotopic (exact) mass is 355 g/mol. The summed E-state index contributed by atoms with van der Waals surface area (Å²) in [7, 11) is 0.